The van der Waals surface area contributed by atoms with Crippen molar-refractivity contribution in [1.82, 2.24) is 9.55 Å². The normalized spacial score (nSPS) is 25.3. The Bertz CT molecular complexity index is 1190. The van der Waals surface area contributed by atoms with E-state index in [4.69, 9.17) is 17.0 Å². The zero-order chi connectivity index (χ0) is 21.0. The van der Waals surface area contributed by atoms with Gasteiger partial charge in [-0.25, -0.2) is 4.79 Å². The molecule has 1 aliphatic carbocycles. The summed E-state index contributed by atoms with van der Waals surface area (Å²) in [4.78, 5) is 15.3. The van der Waals surface area contributed by atoms with Crippen LogP contribution in [0.4, 0.5) is 0 Å². The minimum absolute atomic E-state index is 0.190. The number of nitrogens with one attached hydrogen (secondary N) is 1. The summed E-state index contributed by atoms with van der Waals surface area (Å²) in [6, 6.07) is 16.1. The summed E-state index contributed by atoms with van der Waals surface area (Å²) in [5.74, 6) is -0.190. The predicted octanol–water partition coefficient (Wildman–Crippen LogP) is 1.68. The molecule has 2 aliphatic rings. The van der Waals surface area contributed by atoms with Crippen molar-refractivity contribution >= 4 is 12.2 Å². The first-order valence-corrected chi connectivity index (χ1v) is 10.1. The number of ether oxygens (including phenoxy) is 1. The first-order chi connectivity index (χ1) is 14.5. The topological polar surface area (TPSA) is 108 Å². The minimum Gasteiger partial charge on any atom is -0.394 e. The molecule has 2 heterocycles. The second-order valence-electron chi connectivity index (χ2n) is 7.59. The molecule has 4 atom stereocenters. The van der Waals surface area contributed by atoms with Gasteiger partial charge in [-0.3, -0.25) is 9.55 Å². The Balaban J connectivity index is 1.68. The van der Waals surface area contributed by atoms with Gasteiger partial charge in [0.2, 0.25) is 0 Å². The van der Waals surface area contributed by atoms with Crippen LogP contribution >= 0.6 is 12.2 Å². The molecule has 8 heteroatoms. The monoisotopic (exact) mass is 424 g/mol. The van der Waals surface area contributed by atoms with E-state index in [0.717, 1.165) is 22.3 Å². The molecular formula is C22H20N2O5S. The van der Waals surface area contributed by atoms with Crippen molar-refractivity contribution in [2.75, 3.05) is 6.61 Å². The molecule has 4 N–H and O–H groups in total. The molecule has 5 rings (SSSR count). The lowest BCUT2D eigenvalue weighted by atomic mass is 9.91. The Morgan fingerprint density at radius 3 is 2.13 bits per heavy atom. The molecule has 0 bridgehead atoms. The molecule has 3 aromatic rings. The van der Waals surface area contributed by atoms with Crippen LogP contribution in [0.5, 0.6) is 0 Å². The van der Waals surface area contributed by atoms with Gasteiger partial charge in [0.25, 0.3) is 0 Å². The van der Waals surface area contributed by atoms with Crippen LogP contribution in [0.15, 0.2) is 59.5 Å². The molecule has 154 valence electrons. The number of aromatic nitrogens is 2. The number of fused-ring (bicyclic) bond motifs is 3. The van der Waals surface area contributed by atoms with E-state index in [0.29, 0.717) is 10.2 Å². The highest BCUT2D eigenvalue weighted by Crippen LogP contribution is 2.47. The van der Waals surface area contributed by atoms with Crippen molar-refractivity contribution in [3.05, 3.63) is 86.5 Å². The smallest absolute Gasteiger partial charge is 0.328 e. The lowest BCUT2D eigenvalue weighted by Crippen LogP contribution is -2.36. The molecular weight excluding hydrogens is 404 g/mol. The van der Waals surface area contributed by atoms with Gasteiger partial charge in [-0.15, -0.1) is 0 Å². The highest BCUT2D eigenvalue weighted by molar-refractivity contribution is 7.71. The van der Waals surface area contributed by atoms with Crippen molar-refractivity contribution in [2.45, 2.75) is 30.5 Å². The SMILES string of the molecule is O=c1[nH]c(=S)c(C2c3ccccc3-c3ccccc32)cn1[C@H]1O[C@@H](CO)C(O)C1O. The molecule has 1 aliphatic heterocycles. The summed E-state index contributed by atoms with van der Waals surface area (Å²) >= 11 is 5.51. The summed E-state index contributed by atoms with van der Waals surface area (Å²) in [5.41, 5.74) is 4.50. The van der Waals surface area contributed by atoms with E-state index >= 15 is 0 Å². The summed E-state index contributed by atoms with van der Waals surface area (Å²) < 4.78 is 7.07. The van der Waals surface area contributed by atoms with Gasteiger partial charge in [0, 0.05) is 17.7 Å². The summed E-state index contributed by atoms with van der Waals surface area (Å²) in [6.45, 7) is -0.470. The Labute approximate surface area is 176 Å². The quantitative estimate of drug-likeness (QED) is 0.373. The Morgan fingerprint density at radius 1 is 0.967 bits per heavy atom. The van der Waals surface area contributed by atoms with Crippen LogP contribution in [-0.4, -0.2) is 49.8 Å². The standard InChI is InChI=1S/C22H20N2O5S/c25-10-16-18(26)19(27)21(29-16)24-9-15(20(30)23-22(24)28)17-13-7-3-1-5-11(13)12-6-2-4-8-14(12)17/h1-9,16-19,21,25-27H,10H2,(H,23,28,30)/t16-,18?,19?,21-/m0/s1. The maximum atomic E-state index is 12.6. The molecule has 0 amide bonds. The van der Waals surface area contributed by atoms with E-state index in [1.165, 1.54) is 4.57 Å². The second-order valence-corrected chi connectivity index (χ2v) is 8.00. The van der Waals surface area contributed by atoms with Gasteiger partial charge in [0.05, 0.1) is 6.61 Å². The lowest BCUT2D eigenvalue weighted by Gasteiger charge is -2.21. The summed E-state index contributed by atoms with van der Waals surface area (Å²) in [7, 11) is 0. The van der Waals surface area contributed by atoms with Gasteiger partial charge in [0.15, 0.2) is 6.23 Å². The predicted molar refractivity (Wildman–Crippen MR) is 112 cm³/mol. The van der Waals surface area contributed by atoms with Crippen molar-refractivity contribution < 1.29 is 20.1 Å². The van der Waals surface area contributed by atoms with Crippen molar-refractivity contribution in [2.24, 2.45) is 0 Å². The number of nitrogens with zero attached hydrogens (tertiary/aromatic N) is 1. The number of hydrogen-bond acceptors (Lipinski definition) is 6. The Kier molecular flexibility index (Phi) is 4.68. The molecule has 7 nitrogen and oxygen atoms in total. The van der Waals surface area contributed by atoms with E-state index in [1.54, 1.807) is 6.20 Å². The van der Waals surface area contributed by atoms with Crippen LogP contribution < -0.4 is 5.69 Å². The van der Waals surface area contributed by atoms with E-state index in [-0.39, 0.29) is 5.92 Å². The van der Waals surface area contributed by atoms with Crippen molar-refractivity contribution in [1.29, 1.82) is 0 Å². The van der Waals surface area contributed by atoms with Gasteiger partial charge in [-0.2, -0.15) is 0 Å². The third-order valence-corrected chi connectivity index (χ3v) is 6.27. The molecule has 1 saturated heterocycles. The summed E-state index contributed by atoms with van der Waals surface area (Å²) in [5, 5.41) is 29.9. The fraction of sp³-hybridized carbons (Fsp3) is 0.273. The number of hydrogen-bond donors (Lipinski definition) is 4. The first-order valence-electron chi connectivity index (χ1n) is 9.67. The Hall–Kier alpha value is -2.62. The van der Waals surface area contributed by atoms with E-state index in [2.05, 4.69) is 17.1 Å². The number of benzene rings is 2. The third kappa shape index (κ3) is 2.80. The van der Waals surface area contributed by atoms with Gasteiger partial charge in [0.1, 0.15) is 23.0 Å². The fourth-order valence-corrected chi connectivity index (χ4v) is 4.75. The van der Waals surface area contributed by atoms with E-state index in [9.17, 15) is 20.1 Å². The first kappa shape index (κ1) is 19.3. The molecule has 1 aromatic heterocycles. The molecule has 0 radical (unpaired) electrons. The van der Waals surface area contributed by atoms with Crippen LogP contribution in [0.25, 0.3) is 11.1 Å². The largest absolute Gasteiger partial charge is 0.394 e. The maximum absolute atomic E-state index is 12.6. The number of rotatable bonds is 3. The highest BCUT2D eigenvalue weighted by Gasteiger charge is 2.44. The number of H-pyrrole nitrogens is 1. The zero-order valence-electron chi connectivity index (χ0n) is 15.8. The molecule has 0 saturated carbocycles. The van der Waals surface area contributed by atoms with Crippen LogP contribution in [0, 0.1) is 4.64 Å². The fourth-order valence-electron chi connectivity index (χ4n) is 4.50. The number of aromatic amines is 1. The molecule has 2 aromatic carbocycles. The van der Waals surface area contributed by atoms with Gasteiger partial charge < -0.3 is 20.1 Å². The molecule has 0 spiro atoms. The maximum Gasteiger partial charge on any atom is 0.328 e. The highest BCUT2D eigenvalue weighted by atomic mass is 32.1. The van der Waals surface area contributed by atoms with Crippen LogP contribution in [0.1, 0.15) is 28.8 Å². The van der Waals surface area contributed by atoms with E-state index < -0.39 is 36.8 Å². The van der Waals surface area contributed by atoms with Gasteiger partial charge in [-0.1, -0.05) is 60.7 Å². The Morgan fingerprint density at radius 2 is 1.57 bits per heavy atom. The molecule has 2 unspecified atom stereocenters. The summed E-state index contributed by atoms with van der Waals surface area (Å²) in [6.07, 6.45) is -3.18. The lowest BCUT2D eigenvalue weighted by molar-refractivity contribution is -0.0551. The average molecular weight is 424 g/mol. The minimum atomic E-state index is -1.36. The van der Waals surface area contributed by atoms with Crippen LogP contribution in [0.3, 0.4) is 0 Å². The zero-order valence-corrected chi connectivity index (χ0v) is 16.6. The van der Waals surface area contributed by atoms with Crippen molar-refractivity contribution in [3.63, 3.8) is 0 Å². The van der Waals surface area contributed by atoms with Crippen LogP contribution in [0.2, 0.25) is 0 Å². The van der Waals surface area contributed by atoms with Gasteiger partial charge in [-0.05, 0) is 22.3 Å². The van der Waals surface area contributed by atoms with Gasteiger partial charge >= 0.3 is 5.69 Å². The third-order valence-electron chi connectivity index (χ3n) is 5.93. The second kappa shape index (κ2) is 7.26. The number of aliphatic hydroxyl groups excluding tert-OH is 3. The van der Waals surface area contributed by atoms with Crippen LogP contribution in [-0.2, 0) is 4.74 Å². The molecule has 30 heavy (non-hydrogen) atoms. The van der Waals surface area contributed by atoms with E-state index in [1.807, 2.05) is 36.4 Å². The number of aliphatic hydroxyl groups is 3. The molecule has 1 fully saturated rings. The average Bonchev–Trinajstić information content (AvgIpc) is 3.23. The van der Waals surface area contributed by atoms with Crippen molar-refractivity contribution in [3.8, 4) is 11.1 Å².